The fourth-order valence-corrected chi connectivity index (χ4v) is 2.16. The summed E-state index contributed by atoms with van der Waals surface area (Å²) in [5.41, 5.74) is 1.56. The maximum absolute atomic E-state index is 11.8. The van der Waals surface area contributed by atoms with Gasteiger partial charge in [-0.25, -0.2) is 0 Å². The molecule has 5 nitrogen and oxygen atoms in total. The number of halogens is 2. The number of carbonyl (C=O) groups is 1. The summed E-state index contributed by atoms with van der Waals surface area (Å²) in [6.07, 6.45) is 0. The Bertz CT molecular complexity index is 829. The number of amides is 1. The molecule has 108 valence electrons. The van der Waals surface area contributed by atoms with Crippen molar-refractivity contribution in [2.24, 2.45) is 20.5 Å². The molecule has 0 aromatic heterocycles. The van der Waals surface area contributed by atoms with Crippen LogP contribution in [0.2, 0.25) is 10.0 Å². The monoisotopic (exact) mass is 330 g/mol. The van der Waals surface area contributed by atoms with Gasteiger partial charge in [-0.2, -0.15) is 0 Å². The highest BCUT2D eigenvalue weighted by Crippen LogP contribution is 2.32. The molecule has 1 aliphatic heterocycles. The van der Waals surface area contributed by atoms with E-state index in [2.05, 4.69) is 20.5 Å². The van der Waals surface area contributed by atoms with E-state index in [9.17, 15) is 4.79 Å². The van der Waals surface area contributed by atoms with Crippen LogP contribution in [0.15, 0.2) is 74.7 Å². The molecular weight excluding hydrogens is 323 g/mol. The second-order valence-electron chi connectivity index (χ2n) is 4.36. The number of rotatable bonds is 3. The van der Waals surface area contributed by atoms with Gasteiger partial charge in [-0.3, -0.25) is 4.79 Å². The molecule has 0 saturated heterocycles. The molecule has 0 N–H and O–H groups in total. The van der Waals surface area contributed by atoms with E-state index in [0.717, 1.165) is 5.56 Å². The van der Waals surface area contributed by atoms with Gasteiger partial charge in [0.05, 0.1) is 5.02 Å². The van der Waals surface area contributed by atoms with E-state index < -0.39 is 5.91 Å². The van der Waals surface area contributed by atoms with Crippen LogP contribution in [-0.4, -0.2) is 5.91 Å². The van der Waals surface area contributed by atoms with Crippen LogP contribution < -0.4 is 0 Å². The lowest BCUT2D eigenvalue weighted by Crippen LogP contribution is -1.92. The van der Waals surface area contributed by atoms with Gasteiger partial charge in [0.15, 0.2) is 5.70 Å². The van der Waals surface area contributed by atoms with E-state index in [1.165, 1.54) is 0 Å². The fourth-order valence-electron chi connectivity index (χ4n) is 1.84. The summed E-state index contributed by atoms with van der Waals surface area (Å²) in [5, 5.41) is 16.2. The Labute approximate surface area is 136 Å². The van der Waals surface area contributed by atoms with Crippen LogP contribution in [0, 0.1) is 0 Å². The first-order chi connectivity index (χ1) is 10.6. The van der Waals surface area contributed by atoms with Crippen molar-refractivity contribution in [2.75, 3.05) is 0 Å². The normalized spacial score (nSPS) is 14.4. The Hall–Kier alpha value is -2.37. The molecule has 0 spiro atoms. The van der Waals surface area contributed by atoms with Gasteiger partial charge in [0.2, 0.25) is 0 Å². The van der Waals surface area contributed by atoms with Crippen molar-refractivity contribution >= 4 is 40.5 Å². The van der Waals surface area contributed by atoms with E-state index in [1.54, 1.807) is 18.2 Å². The van der Waals surface area contributed by atoms with E-state index in [1.807, 2.05) is 30.3 Å². The maximum Gasteiger partial charge on any atom is 0.318 e. The molecule has 2 aromatic carbocycles. The molecule has 1 aliphatic rings. The second kappa shape index (κ2) is 6.17. The average Bonchev–Trinajstić information content (AvgIpc) is 2.90. The molecule has 2 aromatic rings. The van der Waals surface area contributed by atoms with Gasteiger partial charge in [-0.1, -0.05) is 53.5 Å². The van der Waals surface area contributed by atoms with Gasteiger partial charge in [0.1, 0.15) is 11.4 Å². The number of azo groups is 2. The van der Waals surface area contributed by atoms with Gasteiger partial charge >= 0.3 is 5.91 Å². The standard InChI is InChI=1S/C15H8Cl2N4O/c16-10-6-7-11(17)12(8-10)18-20-14-13(19-21-15(14)22)9-4-2-1-3-5-9/h1-8H. The zero-order chi connectivity index (χ0) is 15.5. The summed E-state index contributed by atoms with van der Waals surface area (Å²) in [5.74, 6) is -0.541. The quantitative estimate of drug-likeness (QED) is 0.691. The van der Waals surface area contributed by atoms with Crippen LogP contribution in [0.25, 0.3) is 5.70 Å². The van der Waals surface area contributed by atoms with Crippen molar-refractivity contribution in [1.82, 2.24) is 0 Å². The maximum atomic E-state index is 11.8. The Kier molecular flexibility index (Phi) is 4.09. The first-order valence-electron chi connectivity index (χ1n) is 6.28. The van der Waals surface area contributed by atoms with Crippen LogP contribution in [0.5, 0.6) is 0 Å². The first kappa shape index (κ1) is 14.6. The van der Waals surface area contributed by atoms with Crippen molar-refractivity contribution in [3.63, 3.8) is 0 Å². The lowest BCUT2D eigenvalue weighted by atomic mass is 10.1. The highest BCUT2D eigenvalue weighted by atomic mass is 35.5. The summed E-state index contributed by atoms with van der Waals surface area (Å²) in [7, 11) is 0. The number of hydrogen-bond acceptors (Lipinski definition) is 4. The van der Waals surface area contributed by atoms with E-state index >= 15 is 0 Å². The van der Waals surface area contributed by atoms with Crippen molar-refractivity contribution in [3.05, 3.63) is 69.8 Å². The van der Waals surface area contributed by atoms with Crippen molar-refractivity contribution in [3.8, 4) is 0 Å². The van der Waals surface area contributed by atoms with Crippen LogP contribution in [0.3, 0.4) is 0 Å². The molecule has 0 bridgehead atoms. The van der Waals surface area contributed by atoms with Gasteiger partial charge in [-0.15, -0.1) is 20.5 Å². The van der Waals surface area contributed by atoms with Crippen LogP contribution >= 0.6 is 23.2 Å². The Balaban J connectivity index is 2.00. The molecule has 0 aliphatic carbocycles. The minimum Gasteiger partial charge on any atom is -0.263 e. The number of benzene rings is 2. The Morgan fingerprint density at radius 3 is 2.45 bits per heavy atom. The van der Waals surface area contributed by atoms with Gasteiger partial charge in [0, 0.05) is 10.6 Å². The summed E-state index contributed by atoms with van der Waals surface area (Å²) in [6, 6.07) is 14.0. The molecule has 1 heterocycles. The third-order valence-corrected chi connectivity index (χ3v) is 3.44. The molecular formula is C15H8Cl2N4O. The van der Waals surface area contributed by atoms with Gasteiger partial charge < -0.3 is 0 Å². The lowest BCUT2D eigenvalue weighted by molar-refractivity contribution is -0.114. The average molecular weight is 331 g/mol. The Morgan fingerprint density at radius 1 is 0.909 bits per heavy atom. The van der Waals surface area contributed by atoms with Crippen molar-refractivity contribution < 1.29 is 4.79 Å². The molecule has 7 heteroatoms. The van der Waals surface area contributed by atoms with E-state index in [0.29, 0.717) is 21.4 Å². The van der Waals surface area contributed by atoms with Crippen molar-refractivity contribution in [2.45, 2.75) is 0 Å². The fraction of sp³-hybridized carbons (Fsp3) is 0. The molecule has 0 saturated carbocycles. The Morgan fingerprint density at radius 2 is 1.68 bits per heavy atom. The minimum atomic E-state index is -0.541. The second-order valence-corrected chi connectivity index (χ2v) is 5.21. The molecule has 0 atom stereocenters. The molecule has 0 unspecified atom stereocenters. The highest BCUT2D eigenvalue weighted by molar-refractivity contribution is 6.35. The third-order valence-electron chi connectivity index (χ3n) is 2.88. The zero-order valence-electron chi connectivity index (χ0n) is 11.1. The number of carbonyl (C=O) groups excluding carboxylic acids is 1. The predicted octanol–water partition coefficient (Wildman–Crippen LogP) is 5.44. The van der Waals surface area contributed by atoms with Gasteiger partial charge in [-0.05, 0) is 18.2 Å². The summed E-state index contributed by atoms with van der Waals surface area (Å²) in [4.78, 5) is 11.8. The SMILES string of the molecule is O=C1N=NC(c2ccccc2)=C1N=Nc1cc(Cl)ccc1Cl. The minimum absolute atomic E-state index is 0.0715. The molecule has 3 rings (SSSR count). The molecule has 1 amide bonds. The van der Waals surface area contributed by atoms with Gasteiger partial charge in [0.25, 0.3) is 0 Å². The first-order valence-corrected chi connectivity index (χ1v) is 7.03. The largest absolute Gasteiger partial charge is 0.318 e. The smallest absolute Gasteiger partial charge is 0.263 e. The third kappa shape index (κ3) is 2.95. The topological polar surface area (TPSA) is 66.5 Å². The van der Waals surface area contributed by atoms with E-state index in [4.69, 9.17) is 23.2 Å². The highest BCUT2D eigenvalue weighted by Gasteiger charge is 2.22. The van der Waals surface area contributed by atoms with Crippen LogP contribution in [-0.2, 0) is 4.79 Å². The summed E-state index contributed by atoms with van der Waals surface area (Å²) < 4.78 is 0. The molecule has 0 fully saturated rings. The van der Waals surface area contributed by atoms with Crippen LogP contribution in [0.1, 0.15) is 5.56 Å². The number of hydrogen-bond donors (Lipinski definition) is 0. The molecule has 22 heavy (non-hydrogen) atoms. The molecule has 0 radical (unpaired) electrons. The van der Waals surface area contributed by atoms with E-state index in [-0.39, 0.29) is 5.70 Å². The number of nitrogens with zero attached hydrogens (tertiary/aromatic N) is 4. The van der Waals surface area contributed by atoms with Crippen LogP contribution in [0.4, 0.5) is 5.69 Å². The summed E-state index contributed by atoms with van der Waals surface area (Å²) >= 11 is 11.9. The zero-order valence-corrected chi connectivity index (χ0v) is 12.6. The lowest BCUT2D eigenvalue weighted by Gasteiger charge is -1.99. The van der Waals surface area contributed by atoms with Crippen molar-refractivity contribution in [1.29, 1.82) is 0 Å². The predicted molar refractivity (Wildman–Crippen MR) is 84.2 cm³/mol. The summed E-state index contributed by atoms with van der Waals surface area (Å²) in [6.45, 7) is 0.